The van der Waals surface area contributed by atoms with Crippen LogP contribution in [0.3, 0.4) is 0 Å². The Morgan fingerprint density at radius 1 is 0.879 bits per heavy atom. The van der Waals surface area contributed by atoms with Gasteiger partial charge in [0.25, 0.3) is 0 Å². The lowest BCUT2D eigenvalue weighted by Crippen LogP contribution is -2.30. The van der Waals surface area contributed by atoms with Gasteiger partial charge in [0, 0.05) is 29.8 Å². The Balaban J connectivity index is 1.52. The molecule has 1 N–H and O–H groups in total. The number of anilines is 1. The van der Waals surface area contributed by atoms with Crippen LogP contribution in [0, 0.1) is 0 Å². The molecule has 0 unspecified atom stereocenters. The van der Waals surface area contributed by atoms with E-state index in [0.717, 1.165) is 22.9 Å². The molecule has 2 aromatic heterocycles. The molecule has 0 aliphatic carbocycles. The van der Waals surface area contributed by atoms with Gasteiger partial charge >= 0.3 is 0 Å². The van der Waals surface area contributed by atoms with Gasteiger partial charge in [-0.1, -0.05) is 24.3 Å². The van der Waals surface area contributed by atoms with Crippen LogP contribution in [0.2, 0.25) is 0 Å². The van der Waals surface area contributed by atoms with Crippen LogP contribution in [0.1, 0.15) is 43.4 Å². The van der Waals surface area contributed by atoms with E-state index in [-0.39, 0.29) is 12.1 Å². The standard InChI is InChI=1S/C27H26N4OS/c1-19(2)30-18-8-12-24(30)26-25(23-11-6-7-17-28-23)29-27(33)31(26)20-13-15-22(16-14-20)32-21-9-4-3-5-10-21/h3-19,25-26H,1-2H3,(H,29,33)/t25-,26-/m1/s1. The third kappa shape index (κ3) is 4.22. The van der Waals surface area contributed by atoms with E-state index in [1.165, 1.54) is 5.69 Å². The minimum Gasteiger partial charge on any atom is -0.457 e. The average Bonchev–Trinajstić information content (AvgIpc) is 3.45. The first-order valence-electron chi connectivity index (χ1n) is 11.1. The number of benzene rings is 2. The molecule has 4 aromatic rings. The zero-order chi connectivity index (χ0) is 22.8. The first kappa shape index (κ1) is 21.2. The summed E-state index contributed by atoms with van der Waals surface area (Å²) in [6, 6.07) is 28.4. The summed E-state index contributed by atoms with van der Waals surface area (Å²) in [6.45, 7) is 4.39. The molecular weight excluding hydrogens is 428 g/mol. The average molecular weight is 455 g/mol. The van der Waals surface area contributed by atoms with Crippen molar-refractivity contribution in [3.05, 3.63) is 109 Å². The Hall–Kier alpha value is -3.64. The lowest BCUT2D eigenvalue weighted by atomic mass is 10.0. The molecule has 33 heavy (non-hydrogen) atoms. The molecule has 0 radical (unpaired) electrons. The summed E-state index contributed by atoms with van der Waals surface area (Å²) in [5.74, 6) is 1.60. The fourth-order valence-electron chi connectivity index (χ4n) is 4.36. The summed E-state index contributed by atoms with van der Waals surface area (Å²) in [7, 11) is 0. The van der Waals surface area contributed by atoms with Crippen molar-refractivity contribution in [2.75, 3.05) is 4.90 Å². The lowest BCUT2D eigenvalue weighted by molar-refractivity contribution is 0.482. The molecule has 1 fully saturated rings. The molecule has 0 spiro atoms. The molecular formula is C27H26N4OS. The van der Waals surface area contributed by atoms with Crippen molar-refractivity contribution in [1.29, 1.82) is 0 Å². The highest BCUT2D eigenvalue weighted by Crippen LogP contribution is 2.42. The van der Waals surface area contributed by atoms with Crippen molar-refractivity contribution in [2.24, 2.45) is 0 Å². The maximum atomic E-state index is 5.98. The molecule has 5 nitrogen and oxygen atoms in total. The lowest BCUT2D eigenvalue weighted by Gasteiger charge is -2.30. The van der Waals surface area contributed by atoms with E-state index in [9.17, 15) is 0 Å². The highest BCUT2D eigenvalue weighted by Gasteiger charge is 2.42. The number of hydrogen-bond acceptors (Lipinski definition) is 3. The SMILES string of the molecule is CC(C)n1cccc1[C@@H]1[C@@H](c2ccccn2)NC(=S)N1c1ccc(Oc2ccccc2)cc1. The number of aromatic nitrogens is 2. The number of rotatable bonds is 6. The Morgan fingerprint density at radius 3 is 2.30 bits per heavy atom. The van der Waals surface area contributed by atoms with Gasteiger partial charge in [0.1, 0.15) is 17.5 Å². The number of hydrogen-bond donors (Lipinski definition) is 1. The summed E-state index contributed by atoms with van der Waals surface area (Å²) in [5, 5.41) is 4.21. The Morgan fingerprint density at radius 2 is 1.61 bits per heavy atom. The van der Waals surface area contributed by atoms with Gasteiger partial charge in [-0.2, -0.15) is 0 Å². The van der Waals surface area contributed by atoms with Crippen molar-refractivity contribution >= 4 is 23.0 Å². The predicted octanol–water partition coefficient (Wildman–Crippen LogP) is 6.43. The van der Waals surface area contributed by atoms with E-state index in [0.29, 0.717) is 11.2 Å². The second-order valence-corrected chi connectivity index (χ2v) is 8.73. The quantitative estimate of drug-likeness (QED) is 0.340. The maximum absolute atomic E-state index is 5.98. The van der Waals surface area contributed by atoms with Gasteiger partial charge in [0.05, 0.1) is 11.7 Å². The monoisotopic (exact) mass is 454 g/mol. The number of pyridine rings is 1. The van der Waals surface area contributed by atoms with Gasteiger partial charge in [-0.3, -0.25) is 4.98 Å². The van der Waals surface area contributed by atoms with Crippen molar-refractivity contribution < 1.29 is 4.74 Å². The number of ether oxygens (including phenoxy) is 1. The van der Waals surface area contributed by atoms with Gasteiger partial charge in [-0.25, -0.2) is 0 Å². The summed E-state index contributed by atoms with van der Waals surface area (Å²) in [6.07, 6.45) is 3.96. The number of nitrogens with zero attached hydrogens (tertiary/aromatic N) is 3. The highest BCUT2D eigenvalue weighted by molar-refractivity contribution is 7.80. The summed E-state index contributed by atoms with van der Waals surface area (Å²) < 4.78 is 8.28. The second-order valence-electron chi connectivity index (χ2n) is 8.34. The van der Waals surface area contributed by atoms with Crippen LogP contribution in [-0.4, -0.2) is 14.7 Å². The summed E-state index contributed by atoms with van der Waals surface area (Å²) >= 11 is 5.84. The molecule has 166 valence electrons. The first-order valence-corrected chi connectivity index (χ1v) is 11.5. The summed E-state index contributed by atoms with van der Waals surface area (Å²) in [5.41, 5.74) is 3.17. The van der Waals surface area contributed by atoms with Crippen LogP contribution < -0.4 is 15.0 Å². The van der Waals surface area contributed by atoms with E-state index in [2.05, 4.69) is 70.1 Å². The second kappa shape index (κ2) is 9.08. The van der Waals surface area contributed by atoms with Crippen LogP contribution in [0.25, 0.3) is 0 Å². The van der Waals surface area contributed by atoms with Crippen LogP contribution in [-0.2, 0) is 0 Å². The Bertz CT molecular complexity index is 1220. The topological polar surface area (TPSA) is 42.3 Å². The smallest absolute Gasteiger partial charge is 0.174 e. The van der Waals surface area contributed by atoms with Gasteiger partial charge in [-0.05, 0) is 86.7 Å². The van der Waals surface area contributed by atoms with E-state index in [1.54, 1.807) is 0 Å². The molecule has 2 atom stereocenters. The normalized spacial score (nSPS) is 17.9. The molecule has 1 aliphatic heterocycles. The van der Waals surface area contributed by atoms with E-state index >= 15 is 0 Å². The minimum atomic E-state index is -0.0636. The summed E-state index contributed by atoms with van der Waals surface area (Å²) in [4.78, 5) is 6.83. The third-order valence-electron chi connectivity index (χ3n) is 5.86. The Kier molecular flexibility index (Phi) is 5.84. The van der Waals surface area contributed by atoms with Crippen LogP contribution >= 0.6 is 12.2 Å². The van der Waals surface area contributed by atoms with Crippen LogP contribution in [0.4, 0.5) is 5.69 Å². The molecule has 1 saturated heterocycles. The largest absolute Gasteiger partial charge is 0.457 e. The van der Waals surface area contributed by atoms with Crippen molar-refractivity contribution in [2.45, 2.75) is 32.0 Å². The zero-order valence-electron chi connectivity index (χ0n) is 18.6. The molecule has 0 bridgehead atoms. The van der Waals surface area contributed by atoms with Crippen molar-refractivity contribution in [1.82, 2.24) is 14.9 Å². The first-order chi connectivity index (χ1) is 16.1. The molecule has 2 aromatic carbocycles. The van der Waals surface area contributed by atoms with Crippen molar-refractivity contribution in [3.8, 4) is 11.5 Å². The van der Waals surface area contributed by atoms with Gasteiger partial charge in [0.2, 0.25) is 0 Å². The highest BCUT2D eigenvalue weighted by atomic mass is 32.1. The maximum Gasteiger partial charge on any atom is 0.174 e. The van der Waals surface area contributed by atoms with E-state index < -0.39 is 0 Å². The molecule has 0 amide bonds. The molecule has 0 saturated carbocycles. The molecule has 6 heteroatoms. The number of thiocarbonyl (C=S) groups is 1. The fourth-order valence-corrected chi connectivity index (χ4v) is 4.71. The van der Waals surface area contributed by atoms with Gasteiger partial charge in [-0.15, -0.1) is 0 Å². The minimum absolute atomic E-state index is 0.0364. The molecule has 5 rings (SSSR count). The molecule has 1 aliphatic rings. The predicted molar refractivity (Wildman–Crippen MR) is 136 cm³/mol. The van der Waals surface area contributed by atoms with Crippen LogP contribution in [0.5, 0.6) is 11.5 Å². The third-order valence-corrected chi connectivity index (χ3v) is 6.18. The zero-order valence-corrected chi connectivity index (χ0v) is 19.4. The molecule has 3 heterocycles. The fraction of sp³-hybridized carbons (Fsp3) is 0.185. The van der Waals surface area contributed by atoms with E-state index in [1.807, 2.05) is 60.8 Å². The van der Waals surface area contributed by atoms with Gasteiger partial charge in [0.15, 0.2) is 5.11 Å². The van der Waals surface area contributed by atoms with Crippen LogP contribution in [0.15, 0.2) is 97.3 Å². The van der Waals surface area contributed by atoms with E-state index in [4.69, 9.17) is 17.0 Å². The number of para-hydroxylation sites is 1. The van der Waals surface area contributed by atoms with Crippen molar-refractivity contribution in [3.63, 3.8) is 0 Å². The van der Waals surface area contributed by atoms with Gasteiger partial charge < -0.3 is 19.5 Å². The number of nitrogens with one attached hydrogen (secondary N) is 1. The Labute approximate surface area is 199 Å².